The number of hydrogen-bond donors (Lipinski definition) is 0. The molecule has 2 heterocycles. The number of benzene rings is 1. The maximum absolute atomic E-state index is 9.25. The molecule has 1 aliphatic heterocycles. The second-order valence-corrected chi connectivity index (χ2v) is 5.48. The fraction of sp³-hybridized carbons (Fsp3) is 0.333. The fourth-order valence-electron chi connectivity index (χ4n) is 2.83. The summed E-state index contributed by atoms with van der Waals surface area (Å²) in [7, 11) is 1.67. The Bertz CT molecular complexity index is 711. The lowest BCUT2D eigenvalue weighted by Crippen LogP contribution is -2.44. The van der Waals surface area contributed by atoms with E-state index in [4.69, 9.17) is 9.47 Å². The van der Waals surface area contributed by atoms with Gasteiger partial charge >= 0.3 is 0 Å². The highest BCUT2D eigenvalue weighted by Crippen LogP contribution is 2.21. The van der Waals surface area contributed by atoms with Gasteiger partial charge in [0.1, 0.15) is 17.6 Å². The molecule has 0 N–H and O–H groups in total. The molecule has 5 heteroatoms. The van der Waals surface area contributed by atoms with E-state index in [1.165, 1.54) is 5.56 Å². The summed E-state index contributed by atoms with van der Waals surface area (Å²) < 4.78 is 11.2. The minimum atomic E-state index is 0.0735. The minimum Gasteiger partial charge on any atom is -0.497 e. The number of nitriles is 1. The summed E-state index contributed by atoms with van der Waals surface area (Å²) in [6.45, 7) is 2.11. The van der Waals surface area contributed by atoms with Gasteiger partial charge in [-0.1, -0.05) is 12.1 Å². The number of rotatable bonds is 4. The number of ether oxygens (including phenoxy) is 2. The predicted octanol–water partition coefficient (Wildman–Crippen LogP) is 2.41. The Labute approximate surface area is 136 Å². The Hall–Kier alpha value is -2.58. The van der Waals surface area contributed by atoms with Crippen LogP contribution in [0.3, 0.4) is 0 Å². The second kappa shape index (κ2) is 7.12. The molecule has 5 nitrogen and oxygen atoms in total. The standard InChI is InChI=1S/C18H19N3O2/c1-22-16-6-2-4-14(10-16)11-17-13-21(8-9-23-17)18-15(12-19)5-3-7-20-18/h2-7,10,17H,8-9,11,13H2,1H3. The number of nitrogens with zero attached hydrogens (tertiary/aromatic N) is 3. The Kier molecular flexibility index (Phi) is 4.74. The van der Waals surface area contributed by atoms with Crippen LogP contribution in [0.2, 0.25) is 0 Å². The van der Waals surface area contributed by atoms with Crippen molar-refractivity contribution in [2.75, 3.05) is 31.7 Å². The molecule has 0 spiro atoms. The van der Waals surface area contributed by atoms with Crippen LogP contribution in [0.25, 0.3) is 0 Å². The quantitative estimate of drug-likeness (QED) is 0.868. The summed E-state index contributed by atoms with van der Waals surface area (Å²) in [5.41, 5.74) is 1.78. The van der Waals surface area contributed by atoms with E-state index in [9.17, 15) is 5.26 Å². The molecule has 1 aliphatic rings. The van der Waals surface area contributed by atoms with E-state index in [-0.39, 0.29) is 6.10 Å². The molecule has 1 fully saturated rings. The lowest BCUT2D eigenvalue weighted by atomic mass is 10.1. The van der Waals surface area contributed by atoms with E-state index in [2.05, 4.69) is 22.0 Å². The van der Waals surface area contributed by atoms with Crippen LogP contribution in [0.15, 0.2) is 42.6 Å². The predicted molar refractivity (Wildman–Crippen MR) is 87.6 cm³/mol. The Morgan fingerprint density at radius 1 is 1.39 bits per heavy atom. The highest BCUT2D eigenvalue weighted by atomic mass is 16.5. The molecule has 0 radical (unpaired) electrons. The molecule has 1 unspecified atom stereocenters. The third-order valence-electron chi connectivity index (χ3n) is 3.94. The van der Waals surface area contributed by atoms with Gasteiger partial charge in [-0.3, -0.25) is 0 Å². The van der Waals surface area contributed by atoms with Gasteiger partial charge < -0.3 is 14.4 Å². The van der Waals surface area contributed by atoms with Crippen molar-refractivity contribution >= 4 is 5.82 Å². The van der Waals surface area contributed by atoms with Crippen LogP contribution in [0, 0.1) is 11.3 Å². The molecule has 0 bridgehead atoms. The minimum absolute atomic E-state index is 0.0735. The normalized spacial score (nSPS) is 17.6. The monoisotopic (exact) mass is 309 g/mol. The number of hydrogen-bond acceptors (Lipinski definition) is 5. The second-order valence-electron chi connectivity index (χ2n) is 5.48. The summed E-state index contributed by atoms with van der Waals surface area (Å²) in [4.78, 5) is 6.50. The largest absolute Gasteiger partial charge is 0.497 e. The third-order valence-corrected chi connectivity index (χ3v) is 3.94. The highest BCUT2D eigenvalue weighted by Gasteiger charge is 2.23. The summed E-state index contributed by atoms with van der Waals surface area (Å²) in [5, 5.41) is 9.25. The number of anilines is 1. The average molecular weight is 309 g/mol. The van der Waals surface area contributed by atoms with Gasteiger partial charge in [-0.15, -0.1) is 0 Å². The molecular formula is C18H19N3O2. The summed E-state index contributed by atoms with van der Waals surface area (Å²) in [6, 6.07) is 13.8. The molecule has 2 aromatic rings. The first-order valence-corrected chi connectivity index (χ1v) is 7.64. The maximum Gasteiger partial charge on any atom is 0.146 e. The van der Waals surface area contributed by atoms with Crippen LogP contribution >= 0.6 is 0 Å². The molecular weight excluding hydrogens is 290 g/mol. The molecule has 1 atom stereocenters. The highest BCUT2D eigenvalue weighted by molar-refractivity contribution is 5.53. The summed E-state index contributed by atoms with van der Waals surface area (Å²) in [6.07, 6.45) is 2.61. The van der Waals surface area contributed by atoms with E-state index in [0.717, 1.165) is 31.1 Å². The molecule has 23 heavy (non-hydrogen) atoms. The van der Waals surface area contributed by atoms with Gasteiger partial charge in [-0.2, -0.15) is 5.26 Å². The topological polar surface area (TPSA) is 58.4 Å². The first kappa shape index (κ1) is 15.3. The first-order valence-electron chi connectivity index (χ1n) is 7.64. The third kappa shape index (κ3) is 3.61. The van der Waals surface area contributed by atoms with E-state index in [0.29, 0.717) is 12.2 Å². The van der Waals surface area contributed by atoms with Gasteiger partial charge in [0.2, 0.25) is 0 Å². The van der Waals surface area contributed by atoms with E-state index in [1.54, 1.807) is 25.4 Å². The Morgan fingerprint density at radius 3 is 3.13 bits per heavy atom. The van der Waals surface area contributed by atoms with Crippen molar-refractivity contribution in [2.24, 2.45) is 0 Å². The van der Waals surface area contributed by atoms with Crippen LogP contribution in [0.4, 0.5) is 5.82 Å². The molecule has 1 aromatic heterocycles. The molecule has 1 saturated heterocycles. The van der Waals surface area contributed by atoms with Crippen molar-refractivity contribution < 1.29 is 9.47 Å². The summed E-state index contributed by atoms with van der Waals surface area (Å²) >= 11 is 0. The van der Waals surface area contributed by atoms with Crippen molar-refractivity contribution in [2.45, 2.75) is 12.5 Å². The Balaban J connectivity index is 1.72. The van der Waals surface area contributed by atoms with Crippen molar-refractivity contribution in [3.05, 3.63) is 53.7 Å². The van der Waals surface area contributed by atoms with Gasteiger partial charge in [0, 0.05) is 25.7 Å². The molecule has 1 aromatic carbocycles. The van der Waals surface area contributed by atoms with Crippen molar-refractivity contribution in [1.82, 2.24) is 4.98 Å². The zero-order valence-corrected chi connectivity index (χ0v) is 13.1. The van der Waals surface area contributed by atoms with E-state index in [1.807, 2.05) is 18.2 Å². The number of aromatic nitrogens is 1. The summed E-state index contributed by atoms with van der Waals surface area (Å²) in [5.74, 6) is 1.60. The van der Waals surface area contributed by atoms with Gasteiger partial charge in [-0.05, 0) is 29.8 Å². The number of methoxy groups -OCH3 is 1. The molecule has 0 amide bonds. The van der Waals surface area contributed by atoms with E-state index < -0.39 is 0 Å². The van der Waals surface area contributed by atoms with Crippen LogP contribution < -0.4 is 9.64 Å². The molecule has 0 saturated carbocycles. The molecule has 118 valence electrons. The molecule has 0 aliphatic carbocycles. The smallest absolute Gasteiger partial charge is 0.146 e. The van der Waals surface area contributed by atoms with Crippen molar-refractivity contribution in [3.8, 4) is 11.8 Å². The van der Waals surface area contributed by atoms with Crippen LogP contribution in [0.5, 0.6) is 5.75 Å². The first-order chi connectivity index (χ1) is 11.3. The Morgan fingerprint density at radius 2 is 2.30 bits per heavy atom. The van der Waals surface area contributed by atoms with Gasteiger partial charge in [-0.25, -0.2) is 4.98 Å². The number of morpholine rings is 1. The van der Waals surface area contributed by atoms with Crippen molar-refractivity contribution in [3.63, 3.8) is 0 Å². The lowest BCUT2D eigenvalue weighted by Gasteiger charge is -2.34. The van der Waals surface area contributed by atoms with Crippen LogP contribution in [-0.2, 0) is 11.2 Å². The average Bonchev–Trinajstić information content (AvgIpc) is 2.62. The lowest BCUT2D eigenvalue weighted by molar-refractivity contribution is 0.0408. The van der Waals surface area contributed by atoms with Crippen LogP contribution in [-0.4, -0.2) is 37.9 Å². The fourth-order valence-corrected chi connectivity index (χ4v) is 2.83. The molecule has 3 rings (SSSR count). The zero-order valence-electron chi connectivity index (χ0n) is 13.1. The zero-order chi connectivity index (χ0) is 16.1. The van der Waals surface area contributed by atoms with E-state index >= 15 is 0 Å². The number of pyridine rings is 1. The van der Waals surface area contributed by atoms with Gasteiger partial charge in [0.05, 0.1) is 25.4 Å². The SMILES string of the molecule is COc1cccc(CC2CN(c3ncccc3C#N)CCO2)c1. The van der Waals surface area contributed by atoms with Gasteiger partial charge in [0.25, 0.3) is 0 Å². The van der Waals surface area contributed by atoms with Gasteiger partial charge in [0.15, 0.2) is 0 Å². The maximum atomic E-state index is 9.25. The van der Waals surface area contributed by atoms with Crippen LogP contribution in [0.1, 0.15) is 11.1 Å². The van der Waals surface area contributed by atoms with Crippen molar-refractivity contribution in [1.29, 1.82) is 5.26 Å².